The Kier molecular flexibility index (Phi) is 8.29. The van der Waals surface area contributed by atoms with Gasteiger partial charge < -0.3 is 14.2 Å². The van der Waals surface area contributed by atoms with Crippen LogP contribution in [0.3, 0.4) is 0 Å². The summed E-state index contributed by atoms with van der Waals surface area (Å²) < 4.78 is 16.7. The number of ether oxygens (including phenoxy) is 3. The van der Waals surface area contributed by atoms with Gasteiger partial charge in [-0.25, -0.2) is 0 Å². The van der Waals surface area contributed by atoms with E-state index in [0.29, 0.717) is 28.1 Å². The fraction of sp³-hybridized carbons (Fsp3) is 0.227. The molecule has 3 rings (SSSR count). The predicted octanol–water partition coefficient (Wildman–Crippen LogP) is 4.54. The Morgan fingerprint density at radius 1 is 1.21 bits per heavy atom. The predicted molar refractivity (Wildman–Crippen MR) is 127 cm³/mol. The van der Waals surface area contributed by atoms with Gasteiger partial charge in [-0.05, 0) is 76.1 Å². The molecule has 1 aliphatic heterocycles. The third-order valence-electron chi connectivity index (χ3n) is 4.55. The lowest BCUT2D eigenvalue weighted by atomic mass is 10.1. The van der Waals surface area contributed by atoms with Crippen LogP contribution in [0.4, 0.5) is 10.5 Å². The van der Waals surface area contributed by atoms with E-state index in [2.05, 4.69) is 20.7 Å². The van der Waals surface area contributed by atoms with Crippen molar-refractivity contribution in [3.63, 3.8) is 0 Å². The number of carbonyl (C=O) groups excluding carboxylic acids is 3. The third kappa shape index (κ3) is 5.94. The number of halogens is 1. The summed E-state index contributed by atoms with van der Waals surface area (Å²) in [4.78, 5) is 47.5. The van der Waals surface area contributed by atoms with Crippen LogP contribution in [0.1, 0.15) is 18.1 Å². The molecule has 0 spiro atoms. The van der Waals surface area contributed by atoms with Crippen LogP contribution in [0, 0.1) is 10.1 Å². The Bertz CT molecular complexity index is 1170. The van der Waals surface area contributed by atoms with Gasteiger partial charge in [0.2, 0.25) is 0 Å². The van der Waals surface area contributed by atoms with E-state index in [1.165, 1.54) is 25.3 Å². The van der Waals surface area contributed by atoms with Crippen molar-refractivity contribution in [3.8, 4) is 11.5 Å². The first kappa shape index (κ1) is 25.2. The number of nitro groups is 1. The van der Waals surface area contributed by atoms with Gasteiger partial charge in [0, 0.05) is 12.1 Å². The first-order chi connectivity index (χ1) is 16.2. The molecular weight excluding hydrogens is 532 g/mol. The van der Waals surface area contributed by atoms with Crippen molar-refractivity contribution in [2.24, 2.45) is 0 Å². The lowest BCUT2D eigenvalue weighted by Crippen LogP contribution is -2.34. The maximum absolute atomic E-state index is 12.6. The van der Waals surface area contributed by atoms with Gasteiger partial charge in [0.25, 0.3) is 16.8 Å². The summed E-state index contributed by atoms with van der Waals surface area (Å²) in [5, 5.41) is 10.2. The van der Waals surface area contributed by atoms with Gasteiger partial charge in [-0.15, -0.1) is 0 Å². The van der Waals surface area contributed by atoms with E-state index in [1.54, 1.807) is 31.2 Å². The molecule has 0 radical (unpaired) electrons. The molecule has 1 fully saturated rings. The van der Waals surface area contributed by atoms with E-state index in [-0.39, 0.29) is 17.2 Å². The largest absolute Gasteiger partial charge is 0.490 e. The summed E-state index contributed by atoms with van der Waals surface area (Å²) in [5.41, 5.74) is 1.28. The van der Waals surface area contributed by atoms with Crippen molar-refractivity contribution in [2.45, 2.75) is 13.5 Å². The number of non-ortho nitro benzene ring substituents is 1. The molecule has 0 atom stereocenters. The highest BCUT2D eigenvalue weighted by molar-refractivity contribution is 9.10. The number of carbonyl (C=O) groups is 3. The molecule has 0 N–H and O–H groups in total. The minimum Gasteiger partial charge on any atom is -0.490 e. The standard InChI is InChI=1S/C22H19BrN2O8S/c1-3-32-17-9-14(10-18-21(27)24(22(28)34-18)11-19(26)31-2)8-16(23)20(17)33-12-13-4-6-15(7-5-13)25(29)30/h4-10H,3,11-12H2,1-2H3/b18-10-. The van der Waals surface area contributed by atoms with Crippen LogP contribution in [0.25, 0.3) is 6.08 Å². The fourth-order valence-corrected chi connectivity index (χ4v) is 4.34. The van der Waals surface area contributed by atoms with Gasteiger partial charge in [0.15, 0.2) is 11.5 Å². The highest BCUT2D eigenvalue weighted by atomic mass is 79.9. The topological polar surface area (TPSA) is 125 Å². The van der Waals surface area contributed by atoms with Gasteiger partial charge >= 0.3 is 5.97 Å². The molecular formula is C22H19BrN2O8S. The minimum absolute atomic E-state index is 0.0136. The quantitative estimate of drug-likeness (QED) is 0.191. The zero-order valence-corrected chi connectivity index (χ0v) is 20.5. The van der Waals surface area contributed by atoms with Crippen LogP contribution in [-0.4, -0.2) is 47.2 Å². The van der Waals surface area contributed by atoms with E-state index >= 15 is 0 Å². The minimum atomic E-state index is -0.695. The molecule has 178 valence electrons. The third-order valence-corrected chi connectivity index (χ3v) is 6.04. The van der Waals surface area contributed by atoms with Crippen molar-refractivity contribution in [3.05, 3.63) is 67.0 Å². The maximum Gasteiger partial charge on any atom is 0.325 e. The number of thioether (sulfide) groups is 1. The molecule has 0 aromatic heterocycles. The Hall–Kier alpha value is -3.38. The zero-order valence-electron chi connectivity index (χ0n) is 18.1. The number of amides is 2. The van der Waals surface area contributed by atoms with E-state index in [1.807, 2.05) is 0 Å². The van der Waals surface area contributed by atoms with Crippen LogP contribution in [0.15, 0.2) is 45.8 Å². The Morgan fingerprint density at radius 2 is 1.91 bits per heavy atom. The monoisotopic (exact) mass is 550 g/mol. The summed E-state index contributed by atoms with van der Waals surface area (Å²) in [6.45, 7) is 1.84. The van der Waals surface area contributed by atoms with Crippen LogP contribution in [0.2, 0.25) is 0 Å². The molecule has 1 saturated heterocycles. The van der Waals surface area contributed by atoms with E-state index in [0.717, 1.165) is 22.2 Å². The molecule has 0 bridgehead atoms. The number of hydrogen-bond acceptors (Lipinski definition) is 9. The number of nitrogens with zero attached hydrogens (tertiary/aromatic N) is 2. The second-order valence-electron chi connectivity index (χ2n) is 6.82. The SMILES string of the molecule is CCOc1cc(/C=C2\SC(=O)N(CC(=O)OC)C2=O)cc(Br)c1OCc1ccc([N+](=O)[O-])cc1. The summed E-state index contributed by atoms with van der Waals surface area (Å²) in [6, 6.07) is 9.35. The van der Waals surface area contributed by atoms with Crippen LogP contribution >= 0.6 is 27.7 Å². The van der Waals surface area contributed by atoms with Gasteiger partial charge in [0.1, 0.15) is 13.2 Å². The van der Waals surface area contributed by atoms with Gasteiger partial charge in [-0.1, -0.05) is 0 Å². The van der Waals surface area contributed by atoms with Gasteiger partial charge in [-0.3, -0.25) is 29.4 Å². The molecule has 2 aromatic rings. The van der Waals surface area contributed by atoms with Gasteiger partial charge in [-0.2, -0.15) is 0 Å². The molecule has 10 nitrogen and oxygen atoms in total. The van der Waals surface area contributed by atoms with Crippen LogP contribution < -0.4 is 9.47 Å². The molecule has 2 amide bonds. The first-order valence-electron chi connectivity index (χ1n) is 9.88. The lowest BCUT2D eigenvalue weighted by Gasteiger charge is -2.15. The molecule has 0 saturated carbocycles. The van der Waals surface area contributed by atoms with Gasteiger partial charge in [0.05, 0.1) is 28.0 Å². The Balaban J connectivity index is 1.82. The smallest absolute Gasteiger partial charge is 0.325 e. The first-order valence-corrected chi connectivity index (χ1v) is 11.5. The fourth-order valence-electron chi connectivity index (χ4n) is 2.92. The lowest BCUT2D eigenvalue weighted by molar-refractivity contribution is -0.384. The second-order valence-corrected chi connectivity index (χ2v) is 8.67. The molecule has 0 aliphatic carbocycles. The number of nitro benzene ring substituents is 1. The van der Waals surface area contributed by atoms with E-state index in [9.17, 15) is 24.5 Å². The van der Waals surface area contributed by atoms with Crippen molar-refractivity contribution in [2.75, 3.05) is 20.3 Å². The van der Waals surface area contributed by atoms with Crippen molar-refractivity contribution in [1.82, 2.24) is 4.90 Å². The van der Waals surface area contributed by atoms with Crippen molar-refractivity contribution >= 4 is 56.6 Å². The molecule has 0 unspecified atom stereocenters. The number of methoxy groups -OCH3 is 1. The second kappa shape index (κ2) is 11.2. The molecule has 12 heteroatoms. The van der Waals surface area contributed by atoms with Crippen molar-refractivity contribution in [1.29, 1.82) is 0 Å². The maximum atomic E-state index is 12.6. The number of imide groups is 1. The molecule has 1 aliphatic rings. The summed E-state index contributed by atoms with van der Waals surface area (Å²) in [7, 11) is 1.18. The normalized spacial score (nSPS) is 14.4. The van der Waals surface area contributed by atoms with Crippen molar-refractivity contribution < 1.29 is 33.5 Å². The Morgan fingerprint density at radius 3 is 2.53 bits per heavy atom. The summed E-state index contributed by atoms with van der Waals surface area (Å²) >= 11 is 4.17. The highest BCUT2D eigenvalue weighted by Crippen LogP contribution is 2.39. The van der Waals surface area contributed by atoms with E-state index in [4.69, 9.17) is 9.47 Å². The molecule has 34 heavy (non-hydrogen) atoms. The highest BCUT2D eigenvalue weighted by Gasteiger charge is 2.36. The van der Waals surface area contributed by atoms with Crippen LogP contribution in [0.5, 0.6) is 11.5 Å². The Labute approximate surface area is 207 Å². The molecule has 1 heterocycles. The van der Waals surface area contributed by atoms with E-state index < -0.39 is 28.6 Å². The average molecular weight is 551 g/mol. The average Bonchev–Trinajstić information content (AvgIpc) is 3.06. The molecule has 2 aromatic carbocycles. The summed E-state index contributed by atoms with van der Waals surface area (Å²) in [6.07, 6.45) is 1.52. The van der Waals surface area contributed by atoms with Crippen LogP contribution in [-0.2, 0) is 20.9 Å². The summed E-state index contributed by atoms with van der Waals surface area (Å²) in [5.74, 6) is -0.470. The number of rotatable bonds is 9. The zero-order chi connectivity index (χ0) is 24.8. The number of esters is 1. The number of benzene rings is 2. The number of hydrogen-bond donors (Lipinski definition) is 0.